The molecule has 0 saturated carbocycles. The first-order valence-electron chi connectivity index (χ1n) is 9.55. The summed E-state index contributed by atoms with van der Waals surface area (Å²) in [5.41, 5.74) is 2.95. The fourth-order valence-corrected chi connectivity index (χ4v) is 4.60. The number of carbonyl (C=O) groups is 1. The minimum atomic E-state index is -3.56. The van der Waals surface area contributed by atoms with Gasteiger partial charge < -0.3 is 5.32 Å². The van der Waals surface area contributed by atoms with Gasteiger partial charge in [0.15, 0.2) is 0 Å². The molecule has 0 aliphatic rings. The van der Waals surface area contributed by atoms with E-state index in [2.05, 4.69) is 15.6 Å². The third-order valence-corrected chi connectivity index (χ3v) is 6.84. The van der Waals surface area contributed by atoms with Gasteiger partial charge in [0.2, 0.25) is 15.9 Å². The van der Waals surface area contributed by atoms with Gasteiger partial charge in [0, 0.05) is 25.2 Å². The van der Waals surface area contributed by atoms with Gasteiger partial charge in [-0.3, -0.25) is 4.79 Å². The van der Waals surface area contributed by atoms with Crippen LogP contribution in [0.4, 0.5) is 5.69 Å². The Morgan fingerprint density at radius 3 is 2.55 bits per heavy atom. The molecule has 0 aliphatic heterocycles. The first-order chi connectivity index (χ1) is 13.9. The van der Waals surface area contributed by atoms with Crippen molar-refractivity contribution in [3.63, 3.8) is 0 Å². The molecule has 0 bridgehead atoms. The fourth-order valence-electron chi connectivity index (χ4n) is 3.12. The monoisotopic (exact) mass is 415 g/mol. The van der Waals surface area contributed by atoms with Crippen LogP contribution in [0.1, 0.15) is 25.8 Å². The number of rotatable bonds is 8. The molecule has 0 unspecified atom stereocenters. The molecule has 8 nitrogen and oxygen atoms in total. The minimum absolute atomic E-state index is 0.122. The van der Waals surface area contributed by atoms with Gasteiger partial charge in [-0.2, -0.15) is 4.31 Å². The number of nitrogens with zero attached hydrogens (tertiary/aromatic N) is 4. The molecule has 0 saturated heterocycles. The number of aromatic nitrogens is 3. The molecule has 1 N–H and O–H groups in total. The third-order valence-electron chi connectivity index (χ3n) is 4.80. The van der Waals surface area contributed by atoms with Crippen molar-refractivity contribution in [3.05, 3.63) is 48.0 Å². The van der Waals surface area contributed by atoms with Gasteiger partial charge >= 0.3 is 0 Å². The van der Waals surface area contributed by atoms with E-state index in [1.807, 2.05) is 31.2 Å². The predicted molar refractivity (Wildman–Crippen MR) is 112 cm³/mol. The standard InChI is InChI=1S/C20H25N5O3S/c1-4-24(5-2)29(27,28)16-10-11-19-18(14-16)22-23-25(19)13-12-20(26)21-17-9-7-6-8-15(17)3/h6-11,14H,4-5,12-13H2,1-3H3,(H,21,26). The minimum Gasteiger partial charge on any atom is -0.326 e. The van der Waals surface area contributed by atoms with Crippen LogP contribution in [0.2, 0.25) is 0 Å². The summed E-state index contributed by atoms with van der Waals surface area (Å²) in [5.74, 6) is -0.122. The fraction of sp³-hybridized carbons (Fsp3) is 0.350. The molecule has 0 radical (unpaired) electrons. The van der Waals surface area contributed by atoms with E-state index < -0.39 is 10.0 Å². The Hall–Kier alpha value is -2.78. The lowest BCUT2D eigenvalue weighted by Gasteiger charge is -2.18. The molecule has 0 aliphatic carbocycles. The molecular formula is C20H25N5O3S. The van der Waals surface area contributed by atoms with Crippen molar-refractivity contribution in [2.75, 3.05) is 18.4 Å². The van der Waals surface area contributed by atoms with E-state index >= 15 is 0 Å². The summed E-state index contributed by atoms with van der Waals surface area (Å²) >= 11 is 0. The van der Waals surface area contributed by atoms with Crippen molar-refractivity contribution >= 4 is 32.7 Å². The molecular weight excluding hydrogens is 390 g/mol. The van der Waals surface area contributed by atoms with Crippen molar-refractivity contribution in [3.8, 4) is 0 Å². The molecule has 1 heterocycles. The summed E-state index contributed by atoms with van der Waals surface area (Å²) in [4.78, 5) is 12.5. The number of hydrogen-bond acceptors (Lipinski definition) is 5. The zero-order valence-corrected chi connectivity index (χ0v) is 17.6. The molecule has 2 aromatic carbocycles. The van der Waals surface area contributed by atoms with E-state index in [4.69, 9.17) is 0 Å². The lowest BCUT2D eigenvalue weighted by atomic mass is 10.2. The number of aryl methyl sites for hydroxylation is 2. The summed E-state index contributed by atoms with van der Waals surface area (Å²) in [6.07, 6.45) is 0.228. The quantitative estimate of drug-likeness (QED) is 0.610. The normalized spacial score (nSPS) is 11.9. The van der Waals surface area contributed by atoms with Gasteiger partial charge in [-0.15, -0.1) is 5.10 Å². The highest BCUT2D eigenvalue weighted by molar-refractivity contribution is 7.89. The maximum Gasteiger partial charge on any atom is 0.243 e. The number of para-hydroxylation sites is 1. The molecule has 9 heteroatoms. The summed E-state index contributed by atoms with van der Waals surface area (Å²) in [6.45, 7) is 6.69. The van der Waals surface area contributed by atoms with Crippen LogP contribution in [-0.2, 0) is 21.4 Å². The van der Waals surface area contributed by atoms with E-state index in [0.29, 0.717) is 30.7 Å². The summed E-state index contributed by atoms with van der Waals surface area (Å²) in [5, 5.41) is 11.0. The van der Waals surface area contributed by atoms with Gasteiger partial charge in [-0.25, -0.2) is 13.1 Å². The summed E-state index contributed by atoms with van der Waals surface area (Å²) in [6, 6.07) is 12.4. The predicted octanol–water partition coefficient (Wildman–Crippen LogP) is 2.80. The molecule has 3 rings (SSSR count). The highest BCUT2D eigenvalue weighted by atomic mass is 32.2. The first kappa shape index (κ1) is 20.9. The van der Waals surface area contributed by atoms with E-state index in [1.54, 1.807) is 30.7 Å². The lowest BCUT2D eigenvalue weighted by molar-refractivity contribution is -0.116. The second-order valence-corrected chi connectivity index (χ2v) is 8.60. The van der Waals surface area contributed by atoms with Crippen molar-refractivity contribution < 1.29 is 13.2 Å². The molecule has 1 aromatic heterocycles. The Morgan fingerprint density at radius 1 is 1.14 bits per heavy atom. The molecule has 0 fully saturated rings. The second-order valence-electron chi connectivity index (χ2n) is 6.67. The highest BCUT2D eigenvalue weighted by Gasteiger charge is 2.22. The molecule has 0 atom stereocenters. The maximum atomic E-state index is 12.7. The Labute approximate surface area is 170 Å². The van der Waals surface area contributed by atoms with Crippen LogP contribution in [0.3, 0.4) is 0 Å². The van der Waals surface area contributed by atoms with Gasteiger partial charge in [-0.1, -0.05) is 37.3 Å². The van der Waals surface area contributed by atoms with E-state index in [0.717, 1.165) is 11.3 Å². The number of carbonyl (C=O) groups excluding carboxylic acids is 1. The zero-order chi connectivity index (χ0) is 21.0. The summed E-state index contributed by atoms with van der Waals surface area (Å²) < 4.78 is 28.4. The average molecular weight is 416 g/mol. The van der Waals surface area contributed by atoms with Gasteiger partial charge in [0.25, 0.3) is 0 Å². The second kappa shape index (κ2) is 8.71. The number of nitrogens with one attached hydrogen (secondary N) is 1. The number of amides is 1. The van der Waals surface area contributed by atoms with Crippen molar-refractivity contribution in [1.82, 2.24) is 19.3 Å². The largest absolute Gasteiger partial charge is 0.326 e. The molecule has 1 amide bonds. The van der Waals surface area contributed by atoms with Crippen LogP contribution in [0.25, 0.3) is 11.0 Å². The SMILES string of the molecule is CCN(CC)S(=O)(=O)c1ccc2c(c1)nnn2CCC(=O)Nc1ccccc1C. The van der Waals surface area contributed by atoms with Crippen LogP contribution in [0.5, 0.6) is 0 Å². The van der Waals surface area contributed by atoms with Gasteiger partial charge in [0.05, 0.1) is 17.0 Å². The Morgan fingerprint density at radius 2 is 1.86 bits per heavy atom. The van der Waals surface area contributed by atoms with Crippen molar-refractivity contribution in [2.24, 2.45) is 0 Å². The topological polar surface area (TPSA) is 97.2 Å². The van der Waals surface area contributed by atoms with E-state index in [-0.39, 0.29) is 17.2 Å². The van der Waals surface area contributed by atoms with E-state index in [9.17, 15) is 13.2 Å². The number of anilines is 1. The number of fused-ring (bicyclic) bond motifs is 1. The molecule has 3 aromatic rings. The summed E-state index contributed by atoms with van der Waals surface area (Å²) in [7, 11) is -3.56. The Balaban J connectivity index is 1.73. The number of benzene rings is 2. The van der Waals surface area contributed by atoms with Gasteiger partial charge in [0.1, 0.15) is 5.52 Å². The molecule has 154 valence electrons. The number of hydrogen-bond donors (Lipinski definition) is 1. The molecule has 0 spiro atoms. The van der Waals surface area contributed by atoms with Crippen molar-refractivity contribution in [1.29, 1.82) is 0 Å². The van der Waals surface area contributed by atoms with E-state index in [1.165, 1.54) is 10.4 Å². The van der Waals surface area contributed by atoms with Crippen LogP contribution in [0, 0.1) is 6.92 Å². The number of sulfonamides is 1. The Kier molecular flexibility index (Phi) is 6.29. The van der Waals surface area contributed by atoms with Crippen LogP contribution in [0.15, 0.2) is 47.4 Å². The lowest BCUT2D eigenvalue weighted by Crippen LogP contribution is -2.30. The van der Waals surface area contributed by atoms with Crippen LogP contribution in [-0.4, -0.2) is 46.7 Å². The average Bonchev–Trinajstić information content (AvgIpc) is 3.11. The van der Waals surface area contributed by atoms with Gasteiger partial charge in [-0.05, 0) is 36.8 Å². The Bertz CT molecular complexity index is 1120. The molecule has 29 heavy (non-hydrogen) atoms. The van der Waals surface area contributed by atoms with Crippen LogP contribution >= 0.6 is 0 Å². The first-order valence-corrected chi connectivity index (χ1v) is 11.0. The maximum absolute atomic E-state index is 12.7. The third kappa shape index (κ3) is 4.46. The van der Waals surface area contributed by atoms with Crippen LogP contribution < -0.4 is 5.32 Å². The smallest absolute Gasteiger partial charge is 0.243 e. The highest BCUT2D eigenvalue weighted by Crippen LogP contribution is 2.21. The zero-order valence-electron chi connectivity index (χ0n) is 16.8. The van der Waals surface area contributed by atoms with Crippen molar-refractivity contribution in [2.45, 2.75) is 38.6 Å².